The van der Waals surface area contributed by atoms with E-state index in [9.17, 15) is 30.3 Å². The van der Waals surface area contributed by atoms with Gasteiger partial charge in [-0.2, -0.15) is 0 Å². The van der Waals surface area contributed by atoms with Crippen LogP contribution in [0.5, 0.6) is 11.5 Å². The highest BCUT2D eigenvalue weighted by atomic mass is 16.7. The summed E-state index contributed by atoms with van der Waals surface area (Å²) in [6.45, 7) is 0.897. The number of aliphatic hydroxyl groups excluding tert-OH is 4. The van der Waals surface area contributed by atoms with Crippen LogP contribution in [0.15, 0.2) is 29.8 Å². The van der Waals surface area contributed by atoms with Crippen LogP contribution in [0, 0.1) is 0 Å². The molecule has 1 aliphatic heterocycles. The molecule has 0 aromatic heterocycles. The third-order valence-corrected chi connectivity index (χ3v) is 4.40. The van der Waals surface area contributed by atoms with Crippen LogP contribution in [0.2, 0.25) is 0 Å². The van der Waals surface area contributed by atoms with Crippen molar-refractivity contribution in [1.29, 1.82) is 0 Å². The second-order valence-electron chi connectivity index (χ2n) is 6.71. The lowest BCUT2D eigenvalue weighted by atomic mass is 9.99. The van der Waals surface area contributed by atoms with Gasteiger partial charge in [0.05, 0.1) is 26.2 Å². The van der Waals surface area contributed by atoms with Crippen molar-refractivity contribution in [3.63, 3.8) is 0 Å². The zero-order valence-corrected chi connectivity index (χ0v) is 15.8. The van der Waals surface area contributed by atoms with Crippen LogP contribution >= 0.6 is 0 Å². The molecule has 1 heterocycles. The van der Waals surface area contributed by atoms with E-state index in [4.69, 9.17) is 19.3 Å². The van der Waals surface area contributed by atoms with E-state index < -0.39 is 49.0 Å². The third kappa shape index (κ3) is 6.13. The highest BCUT2D eigenvalue weighted by Gasteiger charge is 2.47. The Labute approximate surface area is 167 Å². The van der Waals surface area contributed by atoms with Gasteiger partial charge in [-0.1, -0.05) is 12.1 Å². The van der Waals surface area contributed by atoms with Crippen LogP contribution in [0.3, 0.4) is 0 Å². The molecule has 0 amide bonds. The molecular weight excluding hydrogens is 388 g/mol. The zero-order valence-electron chi connectivity index (χ0n) is 15.8. The Kier molecular flexibility index (Phi) is 8.38. The van der Waals surface area contributed by atoms with Crippen molar-refractivity contribution in [2.45, 2.75) is 44.1 Å². The van der Waals surface area contributed by atoms with E-state index in [-0.39, 0.29) is 25.4 Å². The van der Waals surface area contributed by atoms with Crippen LogP contribution in [0.1, 0.15) is 12.5 Å². The topological polar surface area (TPSA) is 166 Å². The van der Waals surface area contributed by atoms with E-state index in [1.165, 1.54) is 24.3 Å². The van der Waals surface area contributed by atoms with Gasteiger partial charge in [-0.05, 0) is 30.2 Å². The van der Waals surface area contributed by atoms with E-state index in [0.29, 0.717) is 11.1 Å². The maximum Gasteiger partial charge on any atom is 0.310 e. The van der Waals surface area contributed by atoms with E-state index in [0.717, 1.165) is 0 Å². The minimum atomic E-state index is -1.58. The molecule has 0 bridgehead atoms. The molecule has 10 heteroatoms. The van der Waals surface area contributed by atoms with Crippen LogP contribution in [-0.4, -0.2) is 87.1 Å². The van der Waals surface area contributed by atoms with Crippen molar-refractivity contribution in [2.75, 3.05) is 19.8 Å². The van der Waals surface area contributed by atoms with Crippen LogP contribution in [0.4, 0.5) is 0 Å². The summed E-state index contributed by atoms with van der Waals surface area (Å²) in [5.74, 6) is -1.53. The molecule has 162 valence electrons. The number of esters is 1. The standard InChI is InChI=1S/C19H26O10/c1-10(4-5-20)9-27-19-18(17(26)16(25)14(8-21)28-19)29-15(24)7-11-2-3-12(22)13(23)6-11/h2-4,6,14,16-23,25-26H,5,7-9H2,1H3/t14-,16-,17+,18-,19-/m1/s1. The molecule has 29 heavy (non-hydrogen) atoms. The quantitative estimate of drug-likeness (QED) is 0.175. The maximum atomic E-state index is 12.3. The molecule has 5 atom stereocenters. The number of hydrogen-bond donors (Lipinski definition) is 6. The summed E-state index contributed by atoms with van der Waals surface area (Å²) in [5, 5.41) is 57.5. The first kappa shape index (κ1) is 23.1. The van der Waals surface area contributed by atoms with Gasteiger partial charge in [0, 0.05) is 0 Å². The molecule has 0 spiro atoms. The number of carbonyl (C=O) groups is 1. The molecular formula is C19H26O10. The number of aliphatic hydroxyl groups is 4. The van der Waals surface area contributed by atoms with Gasteiger partial charge in [0.25, 0.3) is 0 Å². The van der Waals surface area contributed by atoms with Crippen molar-refractivity contribution in [3.05, 3.63) is 35.4 Å². The molecule has 2 rings (SSSR count). The molecule has 10 nitrogen and oxygen atoms in total. The van der Waals surface area contributed by atoms with Gasteiger partial charge in [0.2, 0.25) is 0 Å². The summed E-state index contributed by atoms with van der Waals surface area (Å²) >= 11 is 0. The van der Waals surface area contributed by atoms with Crippen molar-refractivity contribution in [1.82, 2.24) is 0 Å². The van der Waals surface area contributed by atoms with Gasteiger partial charge in [0.1, 0.15) is 18.3 Å². The number of ether oxygens (including phenoxy) is 3. The number of phenolic OH excluding ortho intramolecular Hbond substituents is 2. The molecule has 1 saturated heterocycles. The Morgan fingerprint density at radius 3 is 2.52 bits per heavy atom. The largest absolute Gasteiger partial charge is 0.504 e. The minimum absolute atomic E-state index is 0.00786. The molecule has 1 aromatic rings. The van der Waals surface area contributed by atoms with Crippen molar-refractivity contribution < 1.29 is 49.6 Å². The molecule has 0 aliphatic carbocycles. The predicted molar refractivity (Wildman–Crippen MR) is 97.9 cm³/mol. The molecule has 0 unspecified atom stereocenters. The first-order valence-corrected chi connectivity index (χ1v) is 8.97. The summed E-state index contributed by atoms with van der Waals surface area (Å²) < 4.78 is 16.2. The minimum Gasteiger partial charge on any atom is -0.504 e. The number of phenols is 2. The normalized spacial score (nSPS) is 27.6. The highest BCUT2D eigenvalue weighted by molar-refractivity contribution is 5.73. The first-order chi connectivity index (χ1) is 13.8. The number of benzene rings is 1. The maximum absolute atomic E-state index is 12.3. The van der Waals surface area contributed by atoms with Crippen molar-refractivity contribution in [3.8, 4) is 11.5 Å². The van der Waals surface area contributed by atoms with Gasteiger partial charge < -0.3 is 44.8 Å². The number of rotatable bonds is 8. The van der Waals surface area contributed by atoms with Gasteiger partial charge in [-0.15, -0.1) is 0 Å². The Bertz CT molecular complexity index is 719. The third-order valence-electron chi connectivity index (χ3n) is 4.40. The number of carbonyl (C=O) groups excluding carboxylic acids is 1. The van der Waals surface area contributed by atoms with Gasteiger partial charge in [-0.25, -0.2) is 0 Å². The average Bonchev–Trinajstić information content (AvgIpc) is 2.68. The number of aromatic hydroxyl groups is 2. The van der Waals surface area contributed by atoms with Crippen LogP contribution in [-0.2, 0) is 25.4 Å². The second-order valence-corrected chi connectivity index (χ2v) is 6.71. The lowest BCUT2D eigenvalue weighted by Gasteiger charge is -2.41. The van der Waals surface area contributed by atoms with Crippen molar-refractivity contribution in [2.24, 2.45) is 0 Å². The van der Waals surface area contributed by atoms with Crippen LogP contribution < -0.4 is 0 Å². The van der Waals surface area contributed by atoms with E-state index >= 15 is 0 Å². The van der Waals surface area contributed by atoms with Gasteiger partial charge >= 0.3 is 5.97 Å². The Morgan fingerprint density at radius 2 is 1.90 bits per heavy atom. The summed E-state index contributed by atoms with van der Waals surface area (Å²) in [5.41, 5.74) is 1.01. The fourth-order valence-electron chi connectivity index (χ4n) is 2.78. The summed E-state index contributed by atoms with van der Waals surface area (Å²) in [4.78, 5) is 12.3. The molecule has 1 aliphatic rings. The summed E-state index contributed by atoms with van der Waals surface area (Å²) in [7, 11) is 0. The van der Waals surface area contributed by atoms with Gasteiger partial charge in [0.15, 0.2) is 23.9 Å². The SMILES string of the molecule is CC(=CCO)CO[C@@H]1O[C@H](CO)[C@@H](O)[C@H](O)[C@H]1OC(=O)Cc1ccc(O)c(O)c1. The monoisotopic (exact) mass is 414 g/mol. The Hall–Kier alpha value is -2.21. The summed E-state index contributed by atoms with van der Waals surface area (Å²) in [6.07, 6.45) is -5.67. The predicted octanol–water partition coefficient (Wildman–Crippen LogP) is -1.05. The molecule has 6 N–H and O–H groups in total. The van der Waals surface area contributed by atoms with E-state index in [2.05, 4.69) is 0 Å². The fourth-order valence-corrected chi connectivity index (χ4v) is 2.78. The summed E-state index contributed by atoms with van der Waals surface area (Å²) in [6, 6.07) is 3.82. The lowest BCUT2D eigenvalue weighted by Crippen LogP contribution is -2.60. The Balaban J connectivity index is 2.10. The number of hydrogen-bond acceptors (Lipinski definition) is 10. The Morgan fingerprint density at radius 1 is 1.17 bits per heavy atom. The van der Waals surface area contributed by atoms with E-state index in [1.54, 1.807) is 6.92 Å². The fraction of sp³-hybridized carbons (Fsp3) is 0.526. The molecule has 0 radical (unpaired) electrons. The molecule has 1 aromatic carbocycles. The highest BCUT2D eigenvalue weighted by Crippen LogP contribution is 2.27. The second kappa shape index (κ2) is 10.5. The molecule has 0 saturated carbocycles. The van der Waals surface area contributed by atoms with E-state index in [1.807, 2.05) is 0 Å². The van der Waals surface area contributed by atoms with Crippen molar-refractivity contribution >= 4 is 5.97 Å². The lowest BCUT2D eigenvalue weighted by molar-refractivity contribution is -0.302. The smallest absolute Gasteiger partial charge is 0.310 e. The molecule has 1 fully saturated rings. The first-order valence-electron chi connectivity index (χ1n) is 8.97. The zero-order chi connectivity index (χ0) is 21.6. The van der Waals surface area contributed by atoms with Crippen LogP contribution in [0.25, 0.3) is 0 Å². The average molecular weight is 414 g/mol. The van der Waals surface area contributed by atoms with Gasteiger partial charge in [-0.3, -0.25) is 4.79 Å².